The number of aromatic nitrogens is 2. The zero-order valence-corrected chi connectivity index (χ0v) is 21.3. The second-order valence-corrected chi connectivity index (χ2v) is 7.84. The topological polar surface area (TPSA) is 78.4 Å². The summed E-state index contributed by atoms with van der Waals surface area (Å²) in [6.45, 7) is 4.03. The molecular formula is C22H27F5N4O2S2. The van der Waals surface area contributed by atoms with Crippen LogP contribution in [-0.2, 0) is 6.18 Å². The van der Waals surface area contributed by atoms with Crippen molar-refractivity contribution in [3.8, 4) is 0 Å². The molecule has 0 aromatic carbocycles. The highest BCUT2D eigenvalue weighted by atomic mass is 32.2. The number of amides is 1. The minimum absolute atomic E-state index is 0.0983. The standard InChI is InChI=1S/C20H19F5N4OS.CH4O.CH4S/c1-11-10-29(7-5-19(11,21)22)17-16(12(2)14(9-27-17)20(23,24)25)18(30)28-13-4-6-26-15(8-13)31-3;2*1-2/h4,6,8-9H,1,5,7,10H2,2-3H3,(H,26,28,30);2*2H,1H3. The van der Waals surface area contributed by atoms with Crippen LogP contribution in [0, 0.1) is 6.92 Å². The number of carbonyl (C=O) groups excluding carboxylic acids is 1. The Labute approximate surface area is 210 Å². The van der Waals surface area contributed by atoms with Gasteiger partial charge in [0.15, 0.2) is 0 Å². The van der Waals surface area contributed by atoms with Crippen molar-refractivity contribution in [2.45, 2.75) is 30.5 Å². The first-order chi connectivity index (χ1) is 16.4. The largest absolute Gasteiger partial charge is 0.418 e. The number of carbonyl (C=O) groups is 1. The maximum absolute atomic E-state index is 13.8. The lowest BCUT2D eigenvalue weighted by molar-refractivity contribution is -0.138. The van der Waals surface area contributed by atoms with Gasteiger partial charge in [0.25, 0.3) is 11.8 Å². The molecule has 6 nitrogen and oxygen atoms in total. The molecule has 0 atom stereocenters. The highest BCUT2D eigenvalue weighted by Crippen LogP contribution is 2.38. The summed E-state index contributed by atoms with van der Waals surface area (Å²) >= 11 is 4.86. The van der Waals surface area contributed by atoms with Gasteiger partial charge < -0.3 is 15.3 Å². The van der Waals surface area contributed by atoms with E-state index < -0.39 is 30.0 Å². The molecule has 3 heterocycles. The van der Waals surface area contributed by atoms with Crippen LogP contribution in [0.5, 0.6) is 0 Å². The summed E-state index contributed by atoms with van der Waals surface area (Å²) in [6, 6.07) is 3.07. The number of nitrogens with one attached hydrogen (secondary N) is 1. The maximum atomic E-state index is 13.8. The van der Waals surface area contributed by atoms with E-state index in [1.807, 2.05) is 0 Å². The molecule has 194 valence electrons. The molecule has 13 heteroatoms. The molecule has 0 aliphatic carbocycles. The second-order valence-electron chi connectivity index (χ2n) is 7.01. The molecular weight excluding hydrogens is 511 g/mol. The SMILES string of the molecule is C=C1CN(c2ncc(C(F)(F)F)c(C)c2C(=O)Nc2ccnc(SC)c2)CCC1(F)F.CO.CS. The summed E-state index contributed by atoms with van der Waals surface area (Å²) in [7, 11) is 1.00. The molecule has 2 aromatic heterocycles. The summed E-state index contributed by atoms with van der Waals surface area (Å²) in [5.41, 5.74) is -1.78. The van der Waals surface area contributed by atoms with Gasteiger partial charge in [0.05, 0.1) is 16.2 Å². The quantitative estimate of drug-likeness (QED) is 0.211. The number of alkyl halides is 5. The first kappa shape index (κ1) is 30.7. The molecule has 0 spiro atoms. The molecule has 0 saturated carbocycles. The number of aliphatic hydroxyl groups is 1. The molecule has 1 saturated heterocycles. The summed E-state index contributed by atoms with van der Waals surface area (Å²) in [5, 5.41) is 10.2. The molecule has 35 heavy (non-hydrogen) atoms. The van der Waals surface area contributed by atoms with Crippen molar-refractivity contribution in [1.29, 1.82) is 0 Å². The van der Waals surface area contributed by atoms with Crippen LogP contribution < -0.4 is 10.2 Å². The third-order valence-electron chi connectivity index (χ3n) is 4.95. The average Bonchev–Trinajstić information content (AvgIpc) is 2.82. The van der Waals surface area contributed by atoms with Gasteiger partial charge >= 0.3 is 6.18 Å². The average molecular weight is 539 g/mol. The lowest BCUT2D eigenvalue weighted by atomic mass is 9.99. The number of anilines is 2. The van der Waals surface area contributed by atoms with Crippen LogP contribution in [0.1, 0.15) is 27.9 Å². The van der Waals surface area contributed by atoms with Crippen LogP contribution in [0.4, 0.5) is 33.5 Å². The fraction of sp³-hybridized carbons (Fsp3) is 0.409. The predicted molar refractivity (Wildman–Crippen MR) is 132 cm³/mol. The molecule has 3 rings (SSSR count). The van der Waals surface area contributed by atoms with E-state index >= 15 is 0 Å². The number of hydrogen-bond acceptors (Lipinski definition) is 7. The summed E-state index contributed by atoms with van der Waals surface area (Å²) < 4.78 is 68.0. The van der Waals surface area contributed by atoms with Crippen molar-refractivity contribution in [1.82, 2.24) is 9.97 Å². The van der Waals surface area contributed by atoms with Gasteiger partial charge in [-0.15, -0.1) is 11.8 Å². The van der Waals surface area contributed by atoms with E-state index in [0.29, 0.717) is 16.9 Å². The monoisotopic (exact) mass is 538 g/mol. The zero-order chi connectivity index (χ0) is 27.0. The molecule has 0 unspecified atom stereocenters. The van der Waals surface area contributed by atoms with E-state index in [1.165, 1.54) is 28.9 Å². The summed E-state index contributed by atoms with van der Waals surface area (Å²) in [5.74, 6) is -4.00. The Kier molecular flexibility index (Phi) is 11.4. The lowest BCUT2D eigenvalue weighted by Crippen LogP contribution is -2.42. The van der Waals surface area contributed by atoms with E-state index in [2.05, 4.69) is 34.5 Å². The molecule has 0 radical (unpaired) electrons. The Balaban J connectivity index is 0.00000145. The second kappa shape index (κ2) is 13.1. The van der Waals surface area contributed by atoms with E-state index in [-0.39, 0.29) is 35.6 Å². The molecule has 1 fully saturated rings. The van der Waals surface area contributed by atoms with Crippen LogP contribution in [0.3, 0.4) is 0 Å². The van der Waals surface area contributed by atoms with Crippen LogP contribution in [0.2, 0.25) is 0 Å². The van der Waals surface area contributed by atoms with Gasteiger partial charge in [-0.1, -0.05) is 6.58 Å². The van der Waals surface area contributed by atoms with Crippen molar-refractivity contribution < 1.29 is 31.9 Å². The number of thioether (sulfide) groups is 1. The third kappa shape index (κ3) is 7.55. The first-order valence-electron chi connectivity index (χ1n) is 10.0. The normalized spacial score (nSPS) is 14.8. The maximum Gasteiger partial charge on any atom is 0.418 e. The van der Waals surface area contributed by atoms with Crippen molar-refractivity contribution in [2.75, 3.05) is 42.9 Å². The van der Waals surface area contributed by atoms with Crippen molar-refractivity contribution >= 4 is 41.8 Å². The van der Waals surface area contributed by atoms with Gasteiger partial charge in [0.1, 0.15) is 5.82 Å². The summed E-state index contributed by atoms with van der Waals surface area (Å²) in [6.07, 6.45) is 0.249. The predicted octanol–water partition coefficient (Wildman–Crippen LogP) is 5.33. The zero-order valence-electron chi connectivity index (χ0n) is 19.6. The van der Waals surface area contributed by atoms with Crippen LogP contribution in [-0.4, -0.2) is 59.6 Å². The number of rotatable bonds is 4. The Bertz CT molecular complexity index is 1040. The Morgan fingerprint density at radius 2 is 1.91 bits per heavy atom. The number of aliphatic hydroxyl groups excluding tert-OH is 1. The van der Waals surface area contributed by atoms with Crippen molar-refractivity contribution in [2.24, 2.45) is 0 Å². The Hall–Kier alpha value is -2.38. The number of thiol groups is 1. The summed E-state index contributed by atoms with van der Waals surface area (Å²) in [4.78, 5) is 22.3. The van der Waals surface area contributed by atoms with E-state index in [0.717, 1.165) is 14.0 Å². The minimum Gasteiger partial charge on any atom is -0.400 e. The molecule has 1 aliphatic rings. The number of halogens is 5. The lowest BCUT2D eigenvalue weighted by Gasteiger charge is -2.35. The van der Waals surface area contributed by atoms with Crippen molar-refractivity contribution in [3.05, 3.63) is 53.4 Å². The van der Waals surface area contributed by atoms with Crippen LogP contribution in [0.15, 0.2) is 41.7 Å². The molecule has 2 N–H and O–H groups in total. The van der Waals surface area contributed by atoms with Gasteiger partial charge in [-0.2, -0.15) is 25.8 Å². The van der Waals surface area contributed by atoms with E-state index in [4.69, 9.17) is 5.11 Å². The van der Waals surface area contributed by atoms with Gasteiger partial charge in [-0.05, 0) is 37.1 Å². The number of piperidine rings is 1. The molecule has 1 amide bonds. The number of nitrogens with zero attached hydrogens (tertiary/aromatic N) is 3. The minimum atomic E-state index is -4.73. The smallest absolute Gasteiger partial charge is 0.400 e. The van der Waals surface area contributed by atoms with Crippen molar-refractivity contribution in [3.63, 3.8) is 0 Å². The first-order valence-corrected chi connectivity index (χ1v) is 12.1. The van der Waals surface area contributed by atoms with Crippen LogP contribution >= 0.6 is 24.4 Å². The van der Waals surface area contributed by atoms with E-state index in [1.54, 1.807) is 18.6 Å². The molecule has 1 aliphatic heterocycles. The highest BCUT2D eigenvalue weighted by molar-refractivity contribution is 7.98. The van der Waals surface area contributed by atoms with E-state index in [9.17, 15) is 26.7 Å². The molecule has 0 bridgehead atoms. The van der Waals surface area contributed by atoms with Gasteiger partial charge in [-0.3, -0.25) is 4.79 Å². The Morgan fingerprint density at radius 1 is 1.29 bits per heavy atom. The van der Waals surface area contributed by atoms with Gasteiger partial charge in [-0.25, -0.2) is 18.7 Å². The van der Waals surface area contributed by atoms with Gasteiger partial charge in [0.2, 0.25) is 0 Å². The number of pyridine rings is 2. The van der Waals surface area contributed by atoms with Gasteiger partial charge in [0, 0.05) is 50.3 Å². The fourth-order valence-corrected chi connectivity index (χ4v) is 3.65. The number of hydrogen-bond donors (Lipinski definition) is 3. The Morgan fingerprint density at radius 3 is 2.46 bits per heavy atom. The van der Waals surface area contributed by atoms with Crippen LogP contribution in [0.25, 0.3) is 0 Å². The highest BCUT2D eigenvalue weighted by Gasteiger charge is 2.41. The third-order valence-corrected chi connectivity index (χ3v) is 5.59. The fourth-order valence-electron chi connectivity index (χ4n) is 3.24. The molecule has 2 aromatic rings.